The van der Waals surface area contributed by atoms with Gasteiger partial charge in [0.05, 0.1) is 6.21 Å². The normalized spacial score (nSPS) is 18.1. The molecule has 1 aliphatic heterocycles. The predicted octanol–water partition coefficient (Wildman–Crippen LogP) is 1.61. The lowest BCUT2D eigenvalue weighted by molar-refractivity contribution is 0.848. The minimum absolute atomic E-state index is 0.0544. The number of halogens is 2. The van der Waals surface area contributed by atoms with Crippen LogP contribution in [0, 0.1) is 0 Å². The van der Waals surface area contributed by atoms with Crippen molar-refractivity contribution in [3.63, 3.8) is 0 Å². The van der Waals surface area contributed by atoms with Crippen molar-refractivity contribution in [1.82, 2.24) is 0 Å². The van der Waals surface area contributed by atoms with Crippen molar-refractivity contribution in [1.29, 1.82) is 0 Å². The van der Waals surface area contributed by atoms with Crippen LogP contribution in [0.15, 0.2) is 15.3 Å². The smallest absolute Gasteiger partial charge is 0.173 e. The third kappa shape index (κ3) is 1.46. The molecule has 0 atom stereocenters. The lowest BCUT2D eigenvalue weighted by Gasteiger charge is -1.83. The molecule has 0 unspecified atom stereocenters. The molecule has 38 valence electrons. The Morgan fingerprint density at radius 1 is 1.71 bits per heavy atom. The molecule has 0 N–H and O–H groups in total. The second-order valence-corrected chi connectivity index (χ2v) is 3.32. The standard InChI is InChI=1S/C4H3FIN/c5-4-3-7-2-1-6-4/h1-3H. The Bertz CT molecular complexity index is 148. The van der Waals surface area contributed by atoms with Crippen LogP contribution in [-0.2, 0) is 0 Å². The van der Waals surface area contributed by atoms with Gasteiger partial charge in [-0.15, -0.1) is 0 Å². The Balaban J connectivity index is 2.82. The van der Waals surface area contributed by atoms with Crippen molar-refractivity contribution in [2.75, 3.05) is 0 Å². The molecule has 3 heteroatoms. The minimum Gasteiger partial charge on any atom is -0.261 e. The summed E-state index contributed by atoms with van der Waals surface area (Å²) in [5.41, 5.74) is 0. The van der Waals surface area contributed by atoms with E-state index in [1.165, 1.54) is 6.21 Å². The third-order valence-electron chi connectivity index (χ3n) is 0.482. The van der Waals surface area contributed by atoms with Crippen molar-refractivity contribution in [3.8, 4) is 0 Å². The maximum Gasteiger partial charge on any atom is 0.173 e. The molecule has 0 aliphatic carbocycles. The van der Waals surface area contributed by atoms with Gasteiger partial charge in [0.2, 0.25) is 0 Å². The maximum absolute atomic E-state index is 11.9. The summed E-state index contributed by atoms with van der Waals surface area (Å²) in [6.07, 6.45) is 2.91. The largest absolute Gasteiger partial charge is 0.261 e. The molecule has 0 radical (unpaired) electrons. The van der Waals surface area contributed by atoms with E-state index in [1.54, 1.807) is 10.3 Å². The van der Waals surface area contributed by atoms with E-state index in [1.807, 2.05) is 0 Å². The summed E-state index contributed by atoms with van der Waals surface area (Å²) in [5.74, 6) is 0. The second-order valence-electron chi connectivity index (χ2n) is 0.952. The van der Waals surface area contributed by atoms with Crippen LogP contribution in [0.25, 0.3) is 0 Å². The molecule has 1 heterocycles. The third-order valence-corrected chi connectivity index (χ3v) is 2.04. The number of rotatable bonds is 0. The van der Waals surface area contributed by atoms with Crippen LogP contribution < -0.4 is 0 Å². The topological polar surface area (TPSA) is 12.4 Å². The molecule has 1 aliphatic rings. The van der Waals surface area contributed by atoms with Gasteiger partial charge in [-0.2, -0.15) is 4.39 Å². The van der Waals surface area contributed by atoms with Crippen LogP contribution in [0.5, 0.6) is 0 Å². The molecule has 1 nitrogen and oxygen atoms in total. The highest BCUT2D eigenvalue weighted by molar-refractivity contribution is 14.2. The number of nitrogens with zero attached hydrogens (tertiary/aromatic N) is 1. The fourth-order valence-corrected chi connectivity index (χ4v) is 1.26. The number of aliphatic imine (C=N–C) groups is 1. The SMILES string of the molecule is FC1=IC=CN=C1. The molecule has 0 fully saturated rings. The van der Waals surface area contributed by atoms with Crippen molar-refractivity contribution < 1.29 is 4.39 Å². The molecule has 0 aromatic carbocycles. The monoisotopic (exact) mass is 211 g/mol. The molecule has 0 saturated heterocycles. The summed E-state index contributed by atoms with van der Waals surface area (Å²) in [4.78, 5) is 3.57. The van der Waals surface area contributed by atoms with E-state index in [2.05, 4.69) is 4.99 Å². The van der Waals surface area contributed by atoms with Gasteiger partial charge in [0.15, 0.2) is 3.76 Å². The summed E-state index contributed by atoms with van der Waals surface area (Å²) >= 11 is -0.428. The van der Waals surface area contributed by atoms with E-state index < -0.39 is 20.7 Å². The zero-order valence-electron chi connectivity index (χ0n) is 3.44. The van der Waals surface area contributed by atoms with Crippen LogP contribution in [0.3, 0.4) is 0 Å². The van der Waals surface area contributed by atoms with Gasteiger partial charge in [0.25, 0.3) is 0 Å². The first-order valence-corrected chi connectivity index (χ1v) is 4.06. The lowest BCUT2D eigenvalue weighted by atomic mass is 10.8. The van der Waals surface area contributed by atoms with E-state index in [0.29, 0.717) is 0 Å². The summed E-state index contributed by atoms with van der Waals surface area (Å²) in [7, 11) is 0. The van der Waals surface area contributed by atoms with E-state index >= 15 is 0 Å². The van der Waals surface area contributed by atoms with Gasteiger partial charge in [-0.3, -0.25) is 4.99 Å². The fraction of sp³-hybridized carbons (Fsp3) is 0. The number of hydrogen-bond donors (Lipinski definition) is 0. The molecule has 0 saturated carbocycles. The highest BCUT2D eigenvalue weighted by Gasteiger charge is 1.86. The highest BCUT2D eigenvalue weighted by Crippen LogP contribution is 2.05. The molecule has 0 aromatic rings. The Morgan fingerprint density at radius 3 is 2.86 bits per heavy atom. The molecule has 0 bridgehead atoms. The zero-order chi connectivity index (χ0) is 5.11. The zero-order valence-corrected chi connectivity index (χ0v) is 5.59. The second kappa shape index (κ2) is 2.30. The molecule has 0 spiro atoms. The van der Waals surface area contributed by atoms with Crippen LogP contribution in [0.1, 0.15) is 0 Å². The van der Waals surface area contributed by atoms with E-state index in [4.69, 9.17) is 0 Å². The van der Waals surface area contributed by atoms with Gasteiger partial charge in [-0.1, -0.05) is 0 Å². The highest BCUT2D eigenvalue weighted by atomic mass is 127. The van der Waals surface area contributed by atoms with Gasteiger partial charge >= 0.3 is 0 Å². The van der Waals surface area contributed by atoms with Gasteiger partial charge in [-0.25, -0.2) is 0 Å². The van der Waals surface area contributed by atoms with Gasteiger partial charge < -0.3 is 0 Å². The van der Waals surface area contributed by atoms with Gasteiger partial charge in [-0.05, 0) is 24.8 Å². The quantitative estimate of drug-likeness (QED) is 0.539. The van der Waals surface area contributed by atoms with Gasteiger partial charge in [0.1, 0.15) is 0 Å². The van der Waals surface area contributed by atoms with Crippen LogP contribution in [0.4, 0.5) is 4.39 Å². The molecular formula is C4H3FIN. The molecular weight excluding hydrogens is 208 g/mol. The Labute approximate surface area is 50.7 Å². The first-order chi connectivity index (χ1) is 3.39. The van der Waals surface area contributed by atoms with Crippen molar-refractivity contribution in [3.05, 3.63) is 10.3 Å². The molecule has 0 aromatic heterocycles. The van der Waals surface area contributed by atoms with E-state index in [0.717, 1.165) is 0 Å². The first-order valence-electron chi connectivity index (χ1n) is 1.73. The van der Waals surface area contributed by atoms with Crippen molar-refractivity contribution in [2.45, 2.75) is 0 Å². The van der Waals surface area contributed by atoms with Crippen molar-refractivity contribution >= 4 is 30.7 Å². The van der Waals surface area contributed by atoms with E-state index in [-0.39, 0.29) is 3.76 Å². The van der Waals surface area contributed by atoms with Crippen molar-refractivity contribution in [2.24, 2.45) is 4.99 Å². The average Bonchev–Trinajstić information content (AvgIpc) is 1.69. The summed E-state index contributed by atoms with van der Waals surface area (Å²) in [6.45, 7) is 0. The summed E-state index contributed by atoms with van der Waals surface area (Å²) in [6, 6.07) is 0. The molecule has 1 rings (SSSR count). The molecule has 7 heavy (non-hydrogen) atoms. The Kier molecular flexibility index (Phi) is 1.67. The minimum atomic E-state index is -0.428. The number of hydrogen-bond acceptors (Lipinski definition) is 1. The first kappa shape index (κ1) is 5.08. The average molecular weight is 211 g/mol. The van der Waals surface area contributed by atoms with E-state index in [9.17, 15) is 4.39 Å². The Morgan fingerprint density at radius 2 is 2.57 bits per heavy atom. The van der Waals surface area contributed by atoms with Gasteiger partial charge in [0, 0.05) is 6.20 Å². The Hall–Kier alpha value is -0.0600. The van der Waals surface area contributed by atoms with Crippen LogP contribution in [0.2, 0.25) is 0 Å². The summed E-state index contributed by atoms with van der Waals surface area (Å²) < 4.78 is 13.7. The van der Waals surface area contributed by atoms with Crippen LogP contribution >= 0.6 is 20.7 Å². The fourth-order valence-electron chi connectivity index (χ4n) is 0.248. The summed E-state index contributed by atoms with van der Waals surface area (Å²) in [5, 5.41) is 0. The lowest BCUT2D eigenvalue weighted by Crippen LogP contribution is -1.84. The van der Waals surface area contributed by atoms with Crippen LogP contribution in [-0.4, -0.2) is 9.98 Å². The maximum atomic E-state index is 11.9. The molecule has 0 amide bonds. The predicted molar refractivity (Wildman–Crippen MR) is 37.8 cm³/mol.